The van der Waals surface area contributed by atoms with Gasteiger partial charge < -0.3 is 14.2 Å². The highest BCUT2D eigenvalue weighted by molar-refractivity contribution is 5.86. The fourth-order valence-electron chi connectivity index (χ4n) is 3.00. The van der Waals surface area contributed by atoms with Gasteiger partial charge in [-0.25, -0.2) is 9.59 Å². The Kier molecular flexibility index (Phi) is 6.64. The second kappa shape index (κ2) is 8.00. The number of carbonyl (C=O) groups excluding carboxylic acids is 3. The van der Waals surface area contributed by atoms with Gasteiger partial charge in [0.15, 0.2) is 0 Å². The van der Waals surface area contributed by atoms with E-state index in [1.165, 1.54) is 4.90 Å². The summed E-state index contributed by atoms with van der Waals surface area (Å²) < 4.78 is 15.1. The van der Waals surface area contributed by atoms with Crippen LogP contribution in [0.1, 0.15) is 34.6 Å². The normalized spacial score (nSPS) is 27.4. The molecule has 0 N–H and O–H groups in total. The van der Waals surface area contributed by atoms with Crippen LogP contribution < -0.4 is 0 Å². The summed E-state index contributed by atoms with van der Waals surface area (Å²) in [4.78, 5) is 37.9. The van der Waals surface area contributed by atoms with E-state index in [-0.39, 0.29) is 19.8 Å². The molecule has 0 bridgehead atoms. The van der Waals surface area contributed by atoms with Crippen molar-refractivity contribution in [3.63, 3.8) is 0 Å². The van der Waals surface area contributed by atoms with Gasteiger partial charge in [-0.05, 0) is 27.7 Å². The largest absolute Gasteiger partial charge is 0.466 e. The van der Waals surface area contributed by atoms with Crippen molar-refractivity contribution in [1.82, 2.24) is 4.90 Å². The minimum Gasteiger partial charge on any atom is -0.466 e. The van der Waals surface area contributed by atoms with Crippen LogP contribution in [0.15, 0.2) is 0 Å². The van der Waals surface area contributed by atoms with Crippen molar-refractivity contribution in [2.75, 3.05) is 19.8 Å². The van der Waals surface area contributed by atoms with Crippen LogP contribution in [0, 0.1) is 11.8 Å². The fourth-order valence-corrected chi connectivity index (χ4v) is 3.00. The second-order valence-corrected chi connectivity index (χ2v) is 5.18. The second-order valence-electron chi connectivity index (χ2n) is 5.18. The van der Waals surface area contributed by atoms with Gasteiger partial charge in [0, 0.05) is 12.0 Å². The highest BCUT2D eigenvalue weighted by Gasteiger charge is 2.54. The van der Waals surface area contributed by atoms with Gasteiger partial charge in [-0.15, -0.1) is 0 Å². The topological polar surface area (TPSA) is 82.1 Å². The number of nitrogens with zero attached hydrogens (tertiary/aromatic N) is 1. The fraction of sp³-hybridized carbons (Fsp3) is 0.800. The standard InChI is InChI=1S/C15H25NO6/c1-6-20-13(17)11-9(4)12(14(18)21-7-2)16(10(11)5)15(19)22-8-3/h9-12H,6-8H2,1-5H3. The third kappa shape index (κ3) is 3.51. The lowest BCUT2D eigenvalue weighted by molar-refractivity contribution is -0.150. The summed E-state index contributed by atoms with van der Waals surface area (Å²) in [6.07, 6.45) is -0.619. The number of esters is 2. The molecule has 0 aromatic heterocycles. The highest BCUT2D eigenvalue weighted by Crippen LogP contribution is 2.37. The Morgan fingerprint density at radius 2 is 1.36 bits per heavy atom. The van der Waals surface area contributed by atoms with E-state index in [0.29, 0.717) is 0 Å². The lowest BCUT2D eigenvalue weighted by atomic mass is 9.89. The van der Waals surface area contributed by atoms with Crippen LogP contribution in [0.25, 0.3) is 0 Å². The van der Waals surface area contributed by atoms with Crippen LogP contribution in [0.4, 0.5) is 4.79 Å². The molecule has 0 aromatic rings. The quantitative estimate of drug-likeness (QED) is 0.566. The van der Waals surface area contributed by atoms with E-state index in [1.54, 1.807) is 34.6 Å². The first-order valence-electron chi connectivity index (χ1n) is 7.68. The number of hydrogen-bond donors (Lipinski definition) is 0. The molecule has 7 heteroatoms. The minimum absolute atomic E-state index is 0.191. The van der Waals surface area contributed by atoms with E-state index in [2.05, 4.69) is 0 Å². The maximum atomic E-state index is 12.2. The Labute approximate surface area is 130 Å². The summed E-state index contributed by atoms with van der Waals surface area (Å²) in [7, 11) is 0. The molecule has 0 radical (unpaired) electrons. The van der Waals surface area contributed by atoms with Crippen molar-refractivity contribution in [2.45, 2.75) is 46.7 Å². The van der Waals surface area contributed by atoms with E-state index in [4.69, 9.17) is 14.2 Å². The van der Waals surface area contributed by atoms with Crippen molar-refractivity contribution in [2.24, 2.45) is 11.8 Å². The van der Waals surface area contributed by atoms with E-state index in [1.807, 2.05) is 0 Å². The summed E-state index contributed by atoms with van der Waals surface area (Å²) in [5.74, 6) is -1.93. The van der Waals surface area contributed by atoms with Gasteiger partial charge in [-0.1, -0.05) is 6.92 Å². The molecule has 1 amide bonds. The average Bonchev–Trinajstić information content (AvgIpc) is 2.71. The van der Waals surface area contributed by atoms with Crippen LogP contribution in [-0.2, 0) is 23.8 Å². The molecule has 1 fully saturated rings. The molecular weight excluding hydrogens is 290 g/mol. The summed E-state index contributed by atoms with van der Waals surface area (Å²) in [6.45, 7) is 9.20. The molecule has 4 unspecified atom stereocenters. The lowest BCUT2D eigenvalue weighted by Gasteiger charge is -2.27. The van der Waals surface area contributed by atoms with Crippen molar-refractivity contribution >= 4 is 18.0 Å². The smallest absolute Gasteiger partial charge is 0.410 e. The number of hydrogen-bond acceptors (Lipinski definition) is 6. The van der Waals surface area contributed by atoms with Crippen molar-refractivity contribution in [1.29, 1.82) is 0 Å². The molecule has 4 atom stereocenters. The van der Waals surface area contributed by atoms with Crippen molar-refractivity contribution in [3.05, 3.63) is 0 Å². The van der Waals surface area contributed by atoms with E-state index < -0.39 is 42.0 Å². The van der Waals surface area contributed by atoms with Gasteiger partial charge in [-0.2, -0.15) is 0 Å². The number of ether oxygens (including phenoxy) is 3. The molecule has 126 valence electrons. The van der Waals surface area contributed by atoms with Crippen LogP contribution in [0.2, 0.25) is 0 Å². The molecule has 1 aliphatic rings. The predicted molar refractivity (Wildman–Crippen MR) is 78.0 cm³/mol. The van der Waals surface area contributed by atoms with E-state index in [9.17, 15) is 14.4 Å². The van der Waals surface area contributed by atoms with Crippen LogP contribution in [-0.4, -0.2) is 54.8 Å². The van der Waals surface area contributed by atoms with Crippen LogP contribution in [0.3, 0.4) is 0 Å². The summed E-state index contributed by atoms with van der Waals surface area (Å²) in [6, 6.07) is -1.34. The molecule has 1 saturated heterocycles. The van der Waals surface area contributed by atoms with E-state index >= 15 is 0 Å². The lowest BCUT2D eigenvalue weighted by Crippen LogP contribution is -2.46. The zero-order chi connectivity index (χ0) is 16.9. The maximum absolute atomic E-state index is 12.2. The zero-order valence-corrected chi connectivity index (χ0v) is 13.8. The first kappa shape index (κ1) is 18.3. The zero-order valence-electron chi connectivity index (χ0n) is 13.8. The SMILES string of the molecule is CCOC(=O)C1C(C)C(C(=O)OCC)N(C(=O)OCC)C1C. The molecule has 1 aliphatic heterocycles. The predicted octanol–water partition coefficient (Wildman–Crippen LogP) is 1.59. The third-order valence-electron chi connectivity index (χ3n) is 3.89. The van der Waals surface area contributed by atoms with Gasteiger partial charge in [0.25, 0.3) is 0 Å². The number of likely N-dealkylation sites (tertiary alicyclic amines) is 1. The minimum atomic E-state index is -0.844. The van der Waals surface area contributed by atoms with Gasteiger partial charge in [0.1, 0.15) is 6.04 Å². The molecule has 0 saturated carbocycles. The van der Waals surface area contributed by atoms with E-state index in [0.717, 1.165) is 0 Å². The summed E-state index contributed by atoms with van der Waals surface area (Å²) in [5.41, 5.74) is 0. The summed E-state index contributed by atoms with van der Waals surface area (Å²) >= 11 is 0. The molecular formula is C15H25NO6. The average molecular weight is 315 g/mol. The van der Waals surface area contributed by atoms with Gasteiger partial charge in [0.2, 0.25) is 0 Å². The first-order chi connectivity index (χ1) is 10.4. The Balaban J connectivity index is 3.10. The Hall–Kier alpha value is -1.79. The highest BCUT2D eigenvalue weighted by atomic mass is 16.6. The van der Waals surface area contributed by atoms with Crippen molar-refractivity contribution < 1.29 is 28.6 Å². The van der Waals surface area contributed by atoms with Crippen molar-refractivity contribution in [3.8, 4) is 0 Å². The Morgan fingerprint density at radius 1 is 0.864 bits per heavy atom. The maximum Gasteiger partial charge on any atom is 0.410 e. The Morgan fingerprint density at radius 3 is 1.86 bits per heavy atom. The van der Waals surface area contributed by atoms with Crippen LogP contribution >= 0.6 is 0 Å². The molecule has 0 aliphatic carbocycles. The van der Waals surface area contributed by atoms with Gasteiger partial charge in [-0.3, -0.25) is 9.69 Å². The molecule has 1 heterocycles. The molecule has 7 nitrogen and oxygen atoms in total. The first-order valence-corrected chi connectivity index (χ1v) is 7.68. The number of carbonyl (C=O) groups is 3. The summed E-state index contributed by atoms with van der Waals surface area (Å²) in [5, 5.41) is 0. The van der Waals surface area contributed by atoms with Gasteiger partial charge >= 0.3 is 18.0 Å². The molecule has 1 rings (SSSR count). The molecule has 0 aromatic carbocycles. The van der Waals surface area contributed by atoms with Gasteiger partial charge in [0.05, 0.1) is 25.7 Å². The van der Waals surface area contributed by atoms with Crippen LogP contribution in [0.5, 0.6) is 0 Å². The Bertz CT molecular complexity index is 394. The number of amides is 1. The monoisotopic (exact) mass is 315 g/mol. The third-order valence-corrected chi connectivity index (χ3v) is 3.89. The molecule has 0 spiro atoms. The number of rotatable bonds is 5. The molecule has 22 heavy (non-hydrogen) atoms.